The molecule has 6 nitrogen and oxygen atoms in total. The second kappa shape index (κ2) is 8.64. The van der Waals surface area contributed by atoms with Crippen LogP contribution >= 0.6 is 0 Å². The summed E-state index contributed by atoms with van der Waals surface area (Å²) in [6, 6.07) is -1.15. The molecular weight excluding hydrogens is 272 g/mol. The summed E-state index contributed by atoms with van der Waals surface area (Å²) >= 11 is 0. The number of nitrogens with one attached hydrogen (secondary N) is 2. The molecule has 0 saturated heterocycles. The molecule has 0 aliphatic carbocycles. The van der Waals surface area contributed by atoms with Gasteiger partial charge in [0.1, 0.15) is 6.04 Å². The standard InChI is InChI=1S/C15H28N2O4/c1-8(2)7-12(18)17-13(9(3)4)14(19)16-11(6)10(5)15(20)21/h8-11,13H,7H2,1-6H3,(H,16,19)(H,17,18)(H,20,21). The number of carboxylic acids is 1. The van der Waals surface area contributed by atoms with Gasteiger partial charge in [0.25, 0.3) is 0 Å². The maximum atomic E-state index is 12.2. The lowest BCUT2D eigenvalue weighted by Gasteiger charge is -2.25. The van der Waals surface area contributed by atoms with Crippen LogP contribution in [0.5, 0.6) is 0 Å². The Morgan fingerprint density at radius 3 is 1.86 bits per heavy atom. The maximum absolute atomic E-state index is 12.2. The maximum Gasteiger partial charge on any atom is 0.308 e. The van der Waals surface area contributed by atoms with E-state index in [0.717, 1.165) is 0 Å². The highest BCUT2D eigenvalue weighted by atomic mass is 16.4. The number of hydrogen-bond acceptors (Lipinski definition) is 3. The van der Waals surface area contributed by atoms with Crippen LogP contribution < -0.4 is 10.6 Å². The SMILES string of the molecule is CC(C)CC(=O)NC(C(=O)NC(C)C(C)C(=O)O)C(C)C. The summed E-state index contributed by atoms with van der Waals surface area (Å²) in [6.45, 7) is 10.7. The van der Waals surface area contributed by atoms with Crippen LogP contribution in [-0.2, 0) is 14.4 Å². The van der Waals surface area contributed by atoms with Crippen LogP contribution in [0.2, 0.25) is 0 Å². The van der Waals surface area contributed by atoms with Gasteiger partial charge in [-0.25, -0.2) is 0 Å². The average Bonchev–Trinajstić information content (AvgIpc) is 2.33. The summed E-state index contributed by atoms with van der Waals surface area (Å²) in [4.78, 5) is 34.9. The van der Waals surface area contributed by atoms with Crippen molar-refractivity contribution >= 4 is 17.8 Å². The van der Waals surface area contributed by atoms with Crippen LogP contribution in [0.1, 0.15) is 48.0 Å². The van der Waals surface area contributed by atoms with E-state index in [4.69, 9.17) is 5.11 Å². The molecule has 0 bridgehead atoms. The second-order valence-corrected chi connectivity index (χ2v) is 6.31. The zero-order valence-corrected chi connectivity index (χ0v) is 13.8. The van der Waals surface area contributed by atoms with E-state index in [1.54, 1.807) is 6.92 Å². The third kappa shape index (κ3) is 7.11. The van der Waals surface area contributed by atoms with Crippen LogP contribution in [0, 0.1) is 17.8 Å². The van der Waals surface area contributed by atoms with E-state index < -0.39 is 24.0 Å². The summed E-state index contributed by atoms with van der Waals surface area (Å²) in [5, 5.41) is 14.3. The summed E-state index contributed by atoms with van der Waals surface area (Å²) in [7, 11) is 0. The normalized spacial score (nSPS) is 15.4. The number of carboxylic acid groups (broad SMARTS) is 1. The number of rotatable bonds is 8. The third-order valence-corrected chi connectivity index (χ3v) is 3.37. The van der Waals surface area contributed by atoms with Gasteiger partial charge in [0, 0.05) is 12.5 Å². The fraction of sp³-hybridized carbons (Fsp3) is 0.800. The molecule has 0 radical (unpaired) electrons. The monoisotopic (exact) mass is 300 g/mol. The molecule has 0 fully saturated rings. The van der Waals surface area contributed by atoms with Gasteiger partial charge in [-0.1, -0.05) is 27.7 Å². The number of carbonyl (C=O) groups excluding carboxylic acids is 2. The first-order valence-electron chi connectivity index (χ1n) is 7.38. The largest absolute Gasteiger partial charge is 0.481 e. The molecule has 0 heterocycles. The Morgan fingerprint density at radius 2 is 1.48 bits per heavy atom. The molecule has 21 heavy (non-hydrogen) atoms. The smallest absolute Gasteiger partial charge is 0.308 e. The molecule has 2 amide bonds. The van der Waals surface area contributed by atoms with Crippen LogP contribution in [0.25, 0.3) is 0 Å². The van der Waals surface area contributed by atoms with E-state index in [-0.39, 0.29) is 23.7 Å². The summed E-state index contributed by atoms with van der Waals surface area (Å²) in [6.07, 6.45) is 0.359. The molecule has 0 aromatic heterocycles. The van der Waals surface area contributed by atoms with E-state index >= 15 is 0 Å². The number of hydrogen-bond donors (Lipinski definition) is 3. The predicted octanol–water partition coefficient (Wildman–Crippen LogP) is 1.40. The highest BCUT2D eigenvalue weighted by Crippen LogP contribution is 2.08. The van der Waals surface area contributed by atoms with E-state index in [0.29, 0.717) is 6.42 Å². The number of aliphatic carboxylic acids is 1. The first-order valence-corrected chi connectivity index (χ1v) is 7.38. The van der Waals surface area contributed by atoms with Crippen LogP contribution in [0.3, 0.4) is 0 Å². The summed E-state index contributed by atoms with van der Waals surface area (Å²) in [5.74, 6) is -2.03. The minimum atomic E-state index is -0.965. The van der Waals surface area contributed by atoms with E-state index in [1.165, 1.54) is 6.92 Å². The lowest BCUT2D eigenvalue weighted by molar-refractivity contribution is -0.142. The molecule has 0 aromatic carbocycles. The molecule has 0 rings (SSSR count). The van der Waals surface area contributed by atoms with Crippen molar-refractivity contribution in [3.63, 3.8) is 0 Å². The van der Waals surface area contributed by atoms with Crippen molar-refractivity contribution in [3.8, 4) is 0 Å². The molecule has 3 N–H and O–H groups in total. The predicted molar refractivity (Wildman–Crippen MR) is 80.6 cm³/mol. The molecule has 122 valence electrons. The van der Waals surface area contributed by atoms with Crippen molar-refractivity contribution in [1.29, 1.82) is 0 Å². The van der Waals surface area contributed by atoms with E-state index in [9.17, 15) is 14.4 Å². The van der Waals surface area contributed by atoms with Gasteiger partial charge in [0.05, 0.1) is 5.92 Å². The van der Waals surface area contributed by atoms with Gasteiger partial charge in [-0.05, 0) is 25.7 Å². The van der Waals surface area contributed by atoms with Crippen molar-refractivity contribution in [2.45, 2.75) is 60.0 Å². The van der Waals surface area contributed by atoms with E-state index in [2.05, 4.69) is 10.6 Å². The zero-order valence-electron chi connectivity index (χ0n) is 13.8. The minimum absolute atomic E-state index is 0.0755. The molecular formula is C15H28N2O4. The van der Waals surface area contributed by atoms with Crippen LogP contribution in [-0.4, -0.2) is 35.0 Å². The lowest BCUT2D eigenvalue weighted by atomic mass is 9.99. The molecule has 3 unspecified atom stereocenters. The van der Waals surface area contributed by atoms with E-state index in [1.807, 2.05) is 27.7 Å². The fourth-order valence-electron chi connectivity index (χ4n) is 1.79. The molecule has 0 spiro atoms. The molecule has 3 atom stereocenters. The van der Waals surface area contributed by atoms with Crippen molar-refractivity contribution in [2.24, 2.45) is 17.8 Å². The van der Waals surface area contributed by atoms with Crippen molar-refractivity contribution in [1.82, 2.24) is 10.6 Å². The Hall–Kier alpha value is -1.59. The van der Waals surface area contributed by atoms with Crippen LogP contribution in [0.4, 0.5) is 0 Å². The molecule has 0 aromatic rings. The zero-order chi connectivity index (χ0) is 16.7. The average molecular weight is 300 g/mol. The Balaban J connectivity index is 4.70. The topological polar surface area (TPSA) is 95.5 Å². The number of amides is 2. The van der Waals surface area contributed by atoms with Gasteiger partial charge in [-0.15, -0.1) is 0 Å². The second-order valence-electron chi connectivity index (χ2n) is 6.31. The van der Waals surface area contributed by atoms with Gasteiger partial charge in [-0.2, -0.15) is 0 Å². The summed E-state index contributed by atoms with van der Waals surface area (Å²) in [5.41, 5.74) is 0. The van der Waals surface area contributed by atoms with Crippen molar-refractivity contribution < 1.29 is 19.5 Å². The fourth-order valence-corrected chi connectivity index (χ4v) is 1.79. The third-order valence-electron chi connectivity index (χ3n) is 3.37. The molecule has 0 aliphatic rings. The van der Waals surface area contributed by atoms with Gasteiger partial charge in [0.15, 0.2) is 0 Å². The Kier molecular flexibility index (Phi) is 7.99. The Morgan fingerprint density at radius 1 is 0.952 bits per heavy atom. The van der Waals surface area contributed by atoms with Gasteiger partial charge >= 0.3 is 5.97 Å². The molecule has 6 heteroatoms. The van der Waals surface area contributed by atoms with Crippen LogP contribution in [0.15, 0.2) is 0 Å². The Labute approximate surface area is 126 Å². The van der Waals surface area contributed by atoms with Gasteiger partial charge in [0.2, 0.25) is 11.8 Å². The molecule has 0 aliphatic heterocycles. The molecule has 0 saturated carbocycles. The van der Waals surface area contributed by atoms with Crippen molar-refractivity contribution in [3.05, 3.63) is 0 Å². The lowest BCUT2D eigenvalue weighted by Crippen LogP contribution is -2.53. The summed E-state index contributed by atoms with van der Waals surface area (Å²) < 4.78 is 0. The first-order chi connectivity index (χ1) is 9.56. The number of carbonyl (C=O) groups is 3. The van der Waals surface area contributed by atoms with Gasteiger partial charge in [-0.3, -0.25) is 14.4 Å². The highest BCUT2D eigenvalue weighted by Gasteiger charge is 2.28. The minimum Gasteiger partial charge on any atom is -0.481 e. The highest BCUT2D eigenvalue weighted by molar-refractivity contribution is 5.88. The van der Waals surface area contributed by atoms with Crippen molar-refractivity contribution in [2.75, 3.05) is 0 Å². The van der Waals surface area contributed by atoms with Gasteiger partial charge < -0.3 is 15.7 Å². The Bertz CT molecular complexity index is 380. The quantitative estimate of drug-likeness (QED) is 0.631. The first kappa shape index (κ1) is 19.4.